The van der Waals surface area contributed by atoms with Crippen LogP contribution in [-0.2, 0) is 11.2 Å². The fraction of sp³-hybridized carbons (Fsp3) is 0.222. The number of rotatable bonds is 3. The first-order chi connectivity index (χ1) is 11.0. The van der Waals surface area contributed by atoms with Crippen molar-refractivity contribution in [2.24, 2.45) is 5.92 Å². The highest BCUT2D eigenvalue weighted by atomic mass is 19.1. The molecule has 1 aliphatic rings. The van der Waals surface area contributed by atoms with Crippen molar-refractivity contribution in [1.82, 2.24) is 5.32 Å². The Hall–Kier alpha value is -2.69. The van der Waals surface area contributed by atoms with Gasteiger partial charge in [-0.25, -0.2) is 4.39 Å². The van der Waals surface area contributed by atoms with Gasteiger partial charge in [-0.3, -0.25) is 9.59 Å². The van der Waals surface area contributed by atoms with Crippen LogP contribution in [0.3, 0.4) is 0 Å². The maximum Gasteiger partial charge on any atom is 0.309 e. The summed E-state index contributed by atoms with van der Waals surface area (Å²) < 4.78 is 13.3. The second-order valence-corrected chi connectivity index (χ2v) is 5.76. The highest BCUT2D eigenvalue weighted by molar-refractivity contribution is 5.95. The minimum atomic E-state index is -0.943. The van der Waals surface area contributed by atoms with Crippen molar-refractivity contribution in [3.8, 4) is 0 Å². The molecule has 0 aliphatic heterocycles. The van der Waals surface area contributed by atoms with Crippen molar-refractivity contribution in [1.29, 1.82) is 0 Å². The number of hydrogen-bond donors (Lipinski definition) is 2. The zero-order valence-electron chi connectivity index (χ0n) is 12.5. The Bertz CT molecular complexity index is 788. The van der Waals surface area contributed by atoms with Gasteiger partial charge in [0.25, 0.3) is 5.91 Å². The fourth-order valence-corrected chi connectivity index (χ4v) is 3.01. The minimum Gasteiger partial charge on any atom is -0.481 e. The summed E-state index contributed by atoms with van der Waals surface area (Å²) in [5.41, 5.74) is 2.45. The number of nitrogens with one attached hydrogen (secondary N) is 1. The average molecular weight is 313 g/mol. The zero-order valence-corrected chi connectivity index (χ0v) is 12.5. The molecule has 0 saturated heterocycles. The summed E-state index contributed by atoms with van der Waals surface area (Å²) in [6, 6.07) is 10.9. The fourth-order valence-electron chi connectivity index (χ4n) is 3.01. The largest absolute Gasteiger partial charge is 0.481 e. The number of halogens is 1. The van der Waals surface area contributed by atoms with E-state index in [2.05, 4.69) is 5.32 Å². The van der Waals surface area contributed by atoms with Crippen molar-refractivity contribution < 1.29 is 19.1 Å². The molecule has 0 radical (unpaired) electrons. The minimum absolute atomic E-state index is 0.317. The third kappa shape index (κ3) is 2.82. The van der Waals surface area contributed by atoms with Gasteiger partial charge in [-0.2, -0.15) is 0 Å². The topological polar surface area (TPSA) is 66.4 Å². The van der Waals surface area contributed by atoms with E-state index >= 15 is 0 Å². The molecule has 118 valence electrons. The monoisotopic (exact) mass is 313 g/mol. The van der Waals surface area contributed by atoms with Crippen LogP contribution in [0.4, 0.5) is 4.39 Å². The van der Waals surface area contributed by atoms with Gasteiger partial charge in [0.1, 0.15) is 5.82 Å². The molecule has 0 unspecified atom stereocenters. The summed E-state index contributed by atoms with van der Waals surface area (Å²) in [6.45, 7) is 1.58. The first-order valence-electron chi connectivity index (χ1n) is 7.35. The predicted octanol–water partition coefficient (Wildman–Crippen LogP) is 2.86. The second kappa shape index (κ2) is 5.83. The third-order valence-electron chi connectivity index (χ3n) is 4.26. The number of aliphatic carboxylic acids is 1. The third-order valence-corrected chi connectivity index (χ3v) is 4.26. The normalized spacial score (nSPS) is 19.2. The summed E-state index contributed by atoms with van der Waals surface area (Å²) in [4.78, 5) is 23.9. The number of carbonyl (C=O) groups is 2. The number of benzene rings is 2. The van der Waals surface area contributed by atoms with E-state index in [1.54, 1.807) is 6.92 Å². The Morgan fingerprint density at radius 1 is 1.22 bits per heavy atom. The molecule has 2 aromatic carbocycles. The van der Waals surface area contributed by atoms with Gasteiger partial charge in [0.15, 0.2) is 0 Å². The summed E-state index contributed by atoms with van der Waals surface area (Å²) in [7, 11) is 0. The Kier molecular flexibility index (Phi) is 3.86. The first-order valence-corrected chi connectivity index (χ1v) is 7.35. The first kappa shape index (κ1) is 15.2. The molecule has 0 aromatic heterocycles. The molecular formula is C18H16FNO3. The molecule has 0 heterocycles. The van der Waals surface area contributed by atoms with Gasteiger partial charge in [0.2, 0.25) is 0 Å². The number of carbonyl (C=O) groups excluding carboxylic acids is 1. The molecule has 0 saturated carbocycles. The van der Waals surface area contributed by atoms with Gasteiger partial charge in [-0.05, 0) is 48.2 Å². The standard InChI is InChI=1S/C18H16FNO3/c1-10-8-12(6-7-15(10)19)17(21)20-16-13-5-3-2-4-11(13)9-14(16)18(22)23/h2-8,14,16H,9H2,1H3,(H,20,21)(H,22,23)/t14-,16+/m1/s1. The maximum atomic E-state index is 13.3. The molecule has 23 heavy (non-hydrogen) atoms. The van der Waals surface area contributed by atoms with E-state index in [0.717, 1.165) is 11.1 Å². The molecule has 0 fully saturated rings. The smallest absolute Gasteiger partial charge is 0.309 e. The number of fused-ring (bicyclic) bond motifs is 1. The molecule has 1 aliphatic carbocycles. The summed E-state index contributed by atoms with van der Waals surface area (Å²) in [6.07, 6.45) is 0.388. The molecule has 2 atom stereocenters. The number of aryl methyl sites for hydroxylation is 1. The van der Waals surface area contributed by atoms with Gasteiger partial charge >= 0.3 is 5.97 Å². The number of carboxylic acids is 1. The van der Waals surface area contributed by atoms with Crippen LogP contribution in [0.1, 0.15) is 33.1 Å². The number of amides is 1. The van der Waals surface area contributed by atoms with Gasteiger partial charge < -0.3 is 10.4 Å². The van der Waals surface area contributed by atoms with Gasteiger partial charge in [0.05, 0.1) is 12.0 Å². The van der Waals surface area contributed by atoms with Gasteiger partial charge in [0, 0.05) is 5.56 Å². The Balaban J connectivity index is 1.89. The summed E-state index contributed by atoms with van der Waals surface area (Å²) >= 11 is 0. The second-order valence-electron chi connectivity index (χ2n) is 5.76. The van der Waals surface area contributed by atoms with Crippen LogP contribution >= 0.6 is 0 Å². The van der Waals surface area contributed by atoms with Crippen molar-refractivity contribution in [3.05, 3.63) is 70.5 Å². The van der Waals surface area contributed by atoms with Gasteiger partial charge in [-0.15, -0.1) is 0 Å². The van der Waals surface area contributed by atoms with Crippen LogP contribution in [0.15, 0.2) is 42.5 Å². The van der Waals surface area contributed by atoms with E-state index in [4.69, 9.17) is 0 Å². The molecule has 0 spiro atoms. The van der Waals surface area contributed by atoms with Crippen molar-refractivity contribution >= 4 is 11.9 Å². The summed E-state index contributed by atoms with van der Waals surface area (Å²) in [5.74, 6) is -2.42. The molecule has 2 aromatic rings. The van der Waals surface area contributed by atoms with Crippen LogP contribution in [0.2, 0.25) is 0 Å². The van der Waals surface area contributed by atoms with Crippen LogP contribution < -0.4 is 5.32 Å². The van der Waals surface area contributed by atoms with E-state index in [1.165, 1.54) is 18.2 Å². The van der Waals surface area contributed by atoms with Crippen LogP contribution in [0.25, 0.3) is 0 Å². The van der Waals surface area contributed by atoms with Crippen molar-refractivity contribution in [3.63, 3.8) is 0 Å². The molecular weight excluding hydrogens is 297 g/mol. The SMILES string of the molecule is Cc1cc(C(=O)N[C@H]2c3ccccc3C[C@H]2C(=O)O)ccc1F. The Morgan fingerprint density at radius 3 is 2.65 bits per heavy atom. The molecule has 4 nitrogen and oxygen atoms in total. The highest BCUT2D eigenvalue weighted by Gasteiger charge is 2.38. The van der Waals surface area contributed by atoms with E-state index in [9.17, 15) is 19.1 Å². The molecule has 1 amide bonds. The van der Waals surface area contributed by atoms with E-state index in [-0.39, 0.29) is 5.82 Å². The molecule has 3 rings (SSSR count). The lowest BCUT2D eigenvalue weighted by atomic mass is 10.00. The lowest BCUT2D eigenvalue weighted by molar-refractivity contribution is -0.142. The predicted molar refractivity (Wildman–Crippen MR) is 82.6 cm³/mol. The Morgan fingerprint density at radius 2 is 1.96 bits per heavy atom. The van der Waals surface area contributed by atoms with E-state index in [0.29, 0.717) is 17.5 Å². The number of carboxylic acid groups (broad SMARTS) is 1. The van der Waals surface area contributed by atoms with E-state index < -0.39 is 23.8 Å². The van der Waals surface area contributed by atoms with Gasteiger partial charge in [-0.1, -0.05) is 24.3 Å². The van der Waals surface area contributed by atoms with Crippen LogP contribution in [0, 0.1) is 18.7 Å². The number of hydrogen-bond acceptors (Lipinski definition) is 2. The average Bonchev–Trinajstić information content (AvgIpc) is 2.89. The Labute approximate surface area is 133 Å². The van der Waals surface area contributed by atoms with Crippen LogP contribution in [0.5, 0.6) is 0 Å². The molecule has 2 N–H and O–H groups in total. The molecule has 5 heteroatoms. The van der Waals surface area contributed by atoms with Crippen molar-refractivity contribution in [2.75, 3.05) is 0 Å². The van der Waals surface area contributed by atoms with Crippen LogP contribution in [-0.4, -0.2) is 17.0 Å². The highest BCUT2D eigenvalue weighted by Crippen LogP contribution is 2.36. The van der Waals surface area contributed by atoms with Crippen molar-refractivity contribution in [2.45, 2.75) is 19.4 Å². The lowest BCUT2D eigenvalue weighted by Gasteiger charge is -2.19. The summed E-state index contributed by atoms with van der Waals surface area (Å²) in [5, 5.41) is 12.2. The van der Waals surface area contributed by atoms with E-state index in [1.807, 2.05) is 24.3 Å². The lowest BCUT2D eigenvalue weighted by Crippen LogP contribution is -2.34. The maximum absolute atomic E-state index is 13.3. The quantitative estimate of drug-likeness (QED) is 0.915. The molecule has 0 bridgehead atoms. The zero-order chi connectivity index (χ0) is 16.6.